The molecule has 4 heterocycles. The van der Waals surface area contributed by atoms with Gasteiger partial charge in [0.2, 0.25) is 0 Å². The molecule has 1 aliphatic heterocycles. The second kappa shape index (κ2) is 11.0. The molecule has 5 rings (SSSR count). The molecule has 1 fully saturated rings. The molecule has 0 amide bonds. The van der Waals surface area contributed by atoms with E-state index in [0.717, 1.165) is 12.3 Å². The molecule has 3 aromatic rings. The number of alkyl halides is 5. The zero-order valence-electron chi connectivity index (χ0n) is 21.3. The Morgan fingerprint density at radius 3 is 2.56 bits per heavy atom. The molecule has 0 N–H and O–H groups in total. The number of nitriles is 1. The van der Waals surface area contributed by atoms with Gasteiger partial charge in [-0.15, -0.1) is 5.73 Å². The molecule has 1 aliphatic carbocycles. The number of pyridine rings is 2. The van der Waals surface area contributed by atoms with E-state index in [1.807, 2.05) is 19.9 Å². The van der Waals surface area contributed by atoms with Crippen molar-refractivity contribution in [3.05, 3.63) is 74.4 Å². The lowest BCUT2D eigenvalue weighted by molar-refractivity contribution is -0.0934. The molecule has 0 radical (unpaired) electrons. The summed E-state index contributed by atoms with van der Waals surface area (Å²) in [6.07, 6.45) is -3.66. The highest BCUT2D eigenvalue weighted by Crippen LogP contribution is 2.42. The van der Waals surface area contributed by atoms with Crippen LogP contribution in [0.15, 0.2) is 40.5 Å². The number of halogens is 5. The average molecular weight is 546 g/mol. The van der Waals surface area contributed by atoms with Gasteiger partial charge in [0.25, 0.3) is 5.56 Å². The number of fused-ring (bicyclic) bond motifs is 1. The lowest BCUT2D eigenvalue weighted by atomic mass is 9.90. The summed E-state index contributed by atoms with van der Waals surface area (Å²) in [5.74, 6) is 0.00247. The molecule has 2 aliphatic rings. The van der Waals surface area contributed by atoms with Gasteiger partial charge in [-0.25, -0.2) is 15.0 Å². The van der Waals surface area contributed by atoms with Crippen LogP contribution in [0.1, 0.15) is 80.0 Å². The van der Waals surface area contributed by atoms with Gasteiger partial charge in [0.05, 0.1) is 28.6 Å². The smallest absolute Gasteiger partial charge is 0.373 e. The summed E-state index contributed by atoms with van der Waals surface area (Å²) in [6, 6.07) is 6.00. The molecule has 2 atom stereocenters. The van der Waals surface area contributed by atoms with Crippen molar-refractivity contribution in [2.75, 3.05) is 6.61 Å². The summed E-state index contributed by atoms with van der Waals surface area (Å²) in [6.45, 7) is 2.88. The van der Waals surface area contributed by atoms with Crippen LogP contribution in [0.4, 0.5) is 22.0 Å². The van der Waals surface area contributed by atoms with Gasteiger partial charge >= 0.3 is 12.7 Å². The van der Waals surface area contributed by atoms with Crippen LogP contribution < -0.4 is 5.56 Å². The van der Waals surface area contributed by atoms with Crippen molar-refractivity contribution < 1.29 is 26.7 Å². The minimum Gasteiger partial charge on any atom is -0.373 e. The Labute approximate surface area is 220 Å². The molecule has 1 saturated heterocycles. The van der Waals surface area contributed by atoms with E-state index in [0.29, 0.717) is 39.9 Å². The SMILES string of the molecule is CC.Cc1nc2nc(C3CCOC(c4ccc(=O)n(C(F)F)c4)C3)nc(C3=C=C(C(F)(F)F)C3)c2cc1C#N. The van der Waals surface area contributed by atoms with Crippen LogP contribution in [0.3, 0.4) is 0 Å². The number of nitrogens with zero attached hydrogens (tertiary/aromatic N) is 5. The third-order valence-electron chi connectivity index (χ3n) is 6.49. The Bertz CT molecular complexity index is 1580. The van der Waals surface area contributed by atoms with E-state index in [1.165, 1.54) is 12.1 Å². The maximum atomic E-state index is 13.2. The van der Waals surface area contributed by atoms with E-state index >= 15 is 0 Å². The van der Waals surface area contributed by atoms with Gasteiger partial charge in [-0.3, -0.25) is 9.36 Å². The number of rotatable bonds is 4. The molecule has 0 saturated carbocycles. The van der Waals surface area contributed by atoms with Crippen LogP contribution in [0.25, 0.3) is 16.6 Å². The summed E-state index contributed by atoms with van der Waals surface area (Å²) in [5.41, 5.74) is 2.47. The van der Waals surface area contributed by atoms with E-state index in [-0.39, 0.29) is 41.4 Å². The Morgan fingerprint density at radius 2 is 1.92 bits per heavy atom. The van der Waals surface area contributed by atoms with Gasteiger partial charge in [-0.2, -0.15) is 27.2 Å². The van der Waals surface area contributed by atoms with Crippen molar-refractivity contribution in [3.63, 3.8) is 0 Å². The molecule has 3 aromatic heterocycles. The first-order chi connectivity index (χ1) is 18.5. The monoisotopic (exact) mass is 545 g/mol. The van der Waals surface area contributed by atoms with Crippen molar-refractivity contribution in [2.24, 2.45) is 0 Å². The van der Waals surface area contributed by atoms with Gasteiger partial charge in [-0.05, 0) is 37.5 Å². The topological polar surface area (TPSA) is 93.7 Å². The number of ether oxygens (including phenoxy) is 1. The fourth-order valence-corrected chi connectivity index (χ4v) is 4.47. The number of hydrogen-bond acceptors (Lipinski definition) is 6. The molecule has 12 heteroatoms. The normalized spacial score (nSPS) is 19.0. The van der Waals surface area contributed by atoms with E-state index in [2.05, 4.69) is 20.7 Å². The van der Waals surface area contributed by atoms with E-state index in [1.54, 1.807) is 6.92 Å². The lowest BCUT2D eigenvalue weighted by Crippen LogP contribution is -2.24. The van der Waals surface area contributed by atoms with Crippen LogP contribution >= 0.6 is 0 Å². The van der Waals surface area contributed by atoms with Crippen molar-refractivity contribution >= 4 is 16.6 Å². The molecule has 39 heavy (non-hydrogen) atoms. The fraction of sp³-hybridized carbons (Fsp3) is 0.407. The highest BCUT2D eigenvalue weighted by Gasteiger charge is 2.39. The van der Waals surface area contributed by atoms with Crippen LogP contribution in [0.2, 0.25) is 0 Å². The van der Waals surface area contributed by atoms with Crippen LogP contribution in [-0.4, -0.2) is 32.3 Å². The number of aryl methyl sites for hydroxylation is 1. The molecule has 0 bridgehead atoms. The highest BCUT2D eigenvalue weighted by atomic mass is 19.4. The largest absolute Gasteiger partial charge is 0.420 e. The standard InChI is InChI=1S/C25H18F5N5O2.C2H6/c1-12-16(10-31)8-18-21(15-6-17(7-15)25(28,29)30)33-22(34-23(18)32-12)13-4-5-37-19(9-13)14-2-3-20(36)35(11-14)24(26)27;1-2/h2-3,8,11,13,19,24H,4-6,9H2,1H3;1-2H3. The Balaban J connectivity index is 0.00000172. The van der Waals surface area contributed by atoms with Gasteiger partial charge in [0.1, 0.15) is 11.9 Å². The summed E-state index contributed by atoms with van der Waals surface area (Å²) in [4.78, 5) is 25.3. The molecule has 0 aromatic carbocycles. The Hall–Kier alpha value is -3.94. The quantitative estimate of drug-likeness (QED) is 0.282. The third kappa shape index (κ3) is 5.60. The number of aromatic nitrogens is 4. The van der Waals surface area contributed by atoms with Crippen molar-refractivity contribution in [1.82, 2.24) is 19.5 Å². The van der Waals surface area contributed by atoms with E-state index < -0.39 is 30.0 Å². The Morgan fingerprint density at radius 1 is 1.21 bits per heavy atom. The van der Waals surface area contributed by atoms with Gasteiger partial charge in [0, 0.05) is 42.2 Å². The predicted octanol–water partition coefficient (Wildman–Crippen LogP) is 6.30. The first kappa shape index (κ1) is 28.1. The number of allylic oxidation sites excluding steroid dienone is 1. The number of hydrogen-bond donors (Lipinski definition) is 0. The first-order valence-corrected chi connectivity index (χ1v) is 12.3. The molecule has 7 nitrogen and oxygen atoms in total. The molecular weight excluding hydrogens is 521 g/mol. The van der Waals surface area contributed by atoms with E-state index in [9.17, 15) is 32.0 Å². The minimum absolute atomic E-state index is 0.228. The second-order valence-corrected chi connectivity index (χ2v) is 8.86. The van der Waals surface area contributed by atoms with Gasteiger partial charge < -0.3 is 4.74 Å². The van der Waals surface area contributed by atoms with Crippen LogP contribution in [0, 0.1) is 18.3 Å². The van der Waals surface area contributed by atoms with Crippen LogP contribution in [-0.2, 0) is 4.74 Å². The van der Waals surface area contributed by atoms with Gasteiger partial charge in [-0.1, -0.05) is 13.8 Å². The maximum absolute atomic E-state index is 13.2. The van der Waals surface area contributed by atoms with Crippen molar-refractivity contribution in [3.8, 4) is 6.07 Å². The highest BCUT2D eigenvalue weighted by molar-refractivity contribution is 5.90. The van der Waals surface area contributed by atoms with Gasteiger partial charge in [0.15, 0.2) is 5.65 Å². The summed E-state index contributed by atoms with van der Waals surface area (Å²) >= 11 is 0. The minimum atomic E-state index is -4.50. The predicted molar refractivity (Wildman–Crippen MR) is 132 cm³/mol. The zero-order valence-corrected chi connectivity index (χ0v) is 21.3. The fourth-order valence-electron chi connectivity index (χ4n) is 4.47. The second-order valence-electron chi connectivity index (χ2n) is 8.86. The maximum Gasteiger partial charge on any atom is 0.420 e. The third-order valence-corrected chi connectivity index (χ3v) is 6.49. The zero-order chi connectivity index (χ0) is 28.5. The molecule has 0 spiro atoms. The molecular formula is C27H24F5N5O2. The first-order valence-electron chi connectivity index (χ1n) is 12.3. The summed E-state index contributed by atoms with van der Waals surface area (Å²) in [7, 11) is 0. The van der Waals surface area contributed by atoms with Crippen molar-refractivity contribution in [1.29, 1.82) is 5.26 Å². The van der Waals surface area contributed by atoms with Crippen molar-refractivity contribution in [2.45, 2.75) is 64.8 Å². The summed E-state index contributed by atoms with van der Waals surface area (Å²) < 4.78 is 71.7. The molecule has 204 valence electrons. The molecule has 2 unspecified atom stereocenters. The Kier molecular flexibility index (Phi) is 7.95. The van der Waals surface area contributed by atoms with Crippen LogP contribution in [0.5, 0.6) is 0 Å². The average Bonchev–Trinajstić information content (AvgIpc) is 2.87. The summed E-state index contributed by atoms with van der Waals surface area (Å²) in [5, 5.41) is 9.76. The lowest BCUT2D eigenvalue weighted by Gasteiger charge is -2.29. The van der Waals surface area contributed by atoms with E-state index in [4.69, 9.17) is 4.74 Å².